The molecule has 0 radical (unpaired) electrons. The summed E-state index contributed by atoms with van der Waals surface area (Å²) in [6, 6.07) is 13.6. The fourth-order valence-electron chi connectivity index (χ4n) is 4.65. The van der Waals surface area contributed by atoms with Crippen LogP contribution in [0.5, 0.6) is 5.75 Å². The molecule has 36 heavy (non-hydrogen) atoms. The molecule has 0 saturated carbocycles. The molecule has 5 rings (SSSR count). The van der Waals surface area contributed by atoms with Crippen LogP contribution in [0.2, 0.25) is 0 Å². The Balaban J connectivity index is 1.59. The number of carbonyl (C=O) groups excluding carboxylic acids is 2. The number of benzene rings is 3. The van der Waals surface area contributed by atoms with Gasteiger partial charge in [-0.1, -0.05) is 12.1 Å². The van der Waals surface area contributed by atoms with E-state index in [1.165, 1.54) is 13.2 Å². The minimum atomic E-state index is -3.10. The SMILES string of the molecule is COc1ccc(-c2cc(CC(N)=O)c3[nH]c4cc(C(=O)N5CCS(=O)(=O)CC5)ccc4c3c2)cc1F. The molecule has 186 valence electrons. The number of aromatic amines is 1. The quantitative estimate of drug-likeness (QED) is 0.428. The van der Waals surface area contributed by atoms with E-state index in [2.05, 4.69) is 4.98 Å². The zero-order valence-electron chi connectivity index (χ0n) is 19.5. The van der Waals surface area contributed by atoms with Gasteiger partial charge in [-0.25, -0.2) is 12.8 Å². The Morgan fingerprint density at radius 2 is 1.78 bits per heavy atom. The van der Waals surface area contributed by atoms with E-state index in [1.54, 1.807) is 35.2 Å². The minimum absolute atomic E-state index is 0.0240. The lowest BCUT2D eigenvalue weighted by molar-refractivity contribution is -0.117. The molecule has 0 aliphatic carbocycles. The highest BCUT2D eigenvalue weighted by Gasteiger charge is 2.26. The van der Waals surface area contributed by atoms with Crippen molar-refractivity contribution < 1.29 is 27.1 Å². The van der Waals surface area contributed by atoms with Crippen molar-refractivity contribution in [3.05, 3.63) is 65.5 Å². The molecule has 1 aromatic heterocycles. The van der Waals surface area contributed by atoms with E-state index < -0.39 is 21.6 Å². The average molecular weight is 510 g/mol. The van der Waals surface area contributed by atoms with Crippen LogP contribution >= 0.6 is 0 Å². The summed E-state index contributed by atoms with van der Waals surface area (Å²) in [5, 5.41) is 1.63. The molecule has 0 bridgehead atoms. The highest BCUT2D eigenvalue weighted by atomic mass is 32.2. The van der Waals surface area contributed by atoms with E-state index in [4.69, 9.17) is 10.5 Å². The third kappa shape index (κ3) is 4.39. The van der Waals surface area contributed by atoms with E-state index >= 15 is 0 Å². The van der Waals surface area contributed by atoms with Crippen LogP contribution in [0.3, 0.4) is 0 Å². The van der Waals surface area contributed by atoms with E-state index in [0.717, 1.165) is 10.8 Å². The number of hydrogen-bond acceptors (Lipinski definition) is 5. The monoisotopic (exact) mass is 509 g/mol. The second-order valence-electron chi connectivity index (χ2n) is 8.88. The molecule has 0 atom stereocenters. The second-order valence-corrected chi connectivity index (χ2v) is 11.2. The van der Waals surface area contributed by atoms with Gasteiger partial charge < -0.3 is 20.4 Å². The maximum Gasteiger partial charge on any atom is 0.253 e. The number of fused-ring (bicyclic) bond motifs is 3. The van der Waals surface area contributed by atoms with E-state index in [1.807, 2.05) is 12.1 Å². The van der Waals surface area contributed by atoms with Crippen LogP contribution < -0.4 is 10.5 Å². The number of nitrogens with zero attached hydrogens (tertiary/aromatic N) is 1. The fraction of sp³-hybridized carbons (Fsp3) is 0.231. The zero-order chi connectivity index (χ0) is 25.6. The first-order valence-electron chi connectivity index (χ1n) is 11.4. The smallest absolute Gasteiger partial charge is 0.253 e. The van der Waals surface area contributed by atoms with E-state index in [-0.39, 0.29) is 42.7 Å². The molecule has 0 spiro atoms. The first-order valence-corrected chi connectivity index (χ1v) is 13.2. The van der Waals surface area contributed by atoms with Crippen molar-refractivity contribution in [1.82, 2.24) is 9.88 Å². The normalized spacial score (nSPS) is 15.3. The summed E-state index contributed by atoms with van der Waals surface area (Å²) >= 11 is 0. The molecule has 1 fully saturated rings. The van der Waals surface area contributed by atoms with Gasteiger partial charge in [0.15, 0.2) is 21.4 Å². The summed E-state index contributed by atoms with van der Waals surface area (Å²) in [6.45, 7) is 0.326. The standard InChI is InChI=1S/C26H24FN3O5S/c1-35-23-5-3-15(12-21(23)27)17-10-18(14-24(28)31)25-20(11-17)19-4-2-16(13-22(19)29-25)26(32)30-6-8-36(33,34)9-7-30/h2-5,10-13,29H,6-9,14H2,1H3,(H2,28,31). The molecule has 2 amide bonds. The van der Waals surface area contributed by atoms with Crippen LogP contribution in [0.1, 0.15) is 15.9 Å². The number of carbonyl (C=O) groups is 2. The topological polar surface area (TPSA) is 123 Å². The summed E-state index contributed by atoms with van der Waals surface area (Å²) in [4.78, 5) is 29.7. The van der Waals surface area contributed by atoms with Crippen molar-refractivity contribution >= 4 is 43.5 Å². The number of rotatable bonds is 5. The van der Waals surface area contributed by atoms with Gasteiger partial charge in [-0.3, -0.25) is 9.59 Å². The molecule has 10 heteroatoms. The predicted octanol–water partition coefficient (Wildman–Crippen LogP) is 3.03. The molecule has 4 aromatic rings. The lowest BCUT2D eigenvalue weighted by Gasteiger charge is -2.26. The third-order valence-electron chi connectivity index (χ3n) is 6.52. The van der Waals surface area contributed by atoms with Gasteiger partial charge in [0.05, 0.1) is 30.6 Å². The molecule has 1 aliphatic rings. The first-order chi connectivity index (χ1) is 17.1. The number of hydrogen-bond donors (Lipinski definition) is 2. The van der Waals surface area contributed by atoms with Crippen molar-refractivity contribution in [2.75, 3.05) is 31.7 Å². The van der Waals surface area contributed by atoms with Gasteiger partial charge in [-0.2, -0.15) is 0 Å². The Bertz CT molecular complexity index is 1630. The molecule has 8 nitrogen and oxygen atoms in total. The minimum Gasteiger partial charge on any atom is -0.494 e. The Labute approximate surface area is 206 Å². The number of nitrogens with two attached hydrogens (primary N) is 1. The van der Waals surface area contributed by atoms with Gasteiger partial charge in [0.1, 0.15) is 0 Å². The lowest BCUT2D eigenvalue weighted by Crippen LogP contribution is -2.43. The number of methoxy groups -OCH3 is 1. The Hall–Kier alpha value is -3.92. The van der Waals surface area contributed by atoms with Crippen LogP contribution in [0.25, 0.3) is 32.9 Å². The van der Waals surface area contributed by atoms with Crippen LogP contribution in [-0.4, -0.2) is 61.8 Å². The van der Waals surface area contributed by atoms with Crippen molar-refractivity contribution in [1.29, 1.82) is 0 Å². The summed E-state index contributed by atoms with van der Waals surface area (Å²) < 4.78 is 42.8. The third-order valence-corrected chi connectivity index (χ3v) is 8.13. The van der Waals surface area contributed by atoms with Crippen LogP contribution in [-0.2, 0) is 21.1 Å². The Morgan fingerprint density at radius 3 is 2.44 bits per heavy atom. The van der Waals surface area contributed by atoms with Gasteiger partial charge in [0, 0.05) is 34.9 Å². The first kappa shape index (κ1) is 23.8. The van der Waals surface area contributed by atoms with Crippen molar-refractivity contribution in [3.63, 3.8) is 0 Å². The summed E-state index contributed by atoms with van der Waals surface area (Å²) in [6.07, 6.45) is -0.0240. The highest BCUT2D eigenvalue weighted by molar-refractivity contribution is 7.91. The molecule has 1 aliphatic heterocycles. The number of H-pyrrole nitrogens is 1. The molecule has 1 saturated heterocycles. The summed E-state index contributed by atoms with van der Waals surface area (Å²) in [5.41, 5.74) is 9.29. The molecular formula is C26H24FN3O5S. The van der Waals surface area contributed by atoms with Crippen LogP contribution in [0, 0.1) is 5.82 Å². The summed E-state index contributed by atoms with van der Waals surface area (Å²) in [5.74, 6) is -1.20. The van der Waals surface area contributed by atoms with Crippen LogP contribution in [0.15, 0.2) is 48.5 Å². The molecule has 3 aromatic carbocycles. The number of sulfone groups is 1. The maximum absolute atomic E-state index is 14.4. The number of halogens is 1. The number of aromatic nitrogens is 1. The van der Waals surface area contributed by atoms with Gasteiger partial charge in [0.25, 0.3) is 5.91 Å². The van der Waals surface area contributed by atoms with Crippen molar-refractivity contribution in [2.45, 2.75) is 6.42 Å². The maximum atomic E-state index is 14.4. The predicted molar refractivity (Wildman–Crippen MR) is 135 cm³/mol. The highest BCUT2D eigenvalue weighted by Crippen LogP contribution is 2.35. The van der Waals surface area contributed by atoms with E-state index in [9.17, 15) is 22.4 Å². The molecular weight excluding hydrogens is 485 g/mol. The Kier molecular flexibility index (Phi) is 5.91. The van der Waals surface area contributed by atoms with E-state index in [0.29, 0.717) is 33.3 Å². The number of nitrogens with one attached hydrogen (secondary N) is 1. The van der Waals surface area contributed by atoms with Crippen molar-refractivity contribution in [2.24, 2.45) is 5.73 Å². The average Bonchev–Trinajstić information content (AvgIpc) is 3.21. The van der Waals surface area contributed by atoms with Gasteiger partial charge in [-0.05, 0) is 53.1 Å². The molecule has 2 heterocycles. The van der Waals surface area contributed by atoms with Gasteiger partial charge in [-0.15, -0.1) is 0 Å². The van der Waals surface area contributed by atoms with Crippen molar-refractivity contribution in [3.8, 4) is 16.9 Å². The fourth-order valence-corrected chi connectivity index (χ4v) is 5.85. The molecule has 3 N–H and O–H groups in total. The second kappa shape index (κ2) is 8.94. The number of primary amides is 1. The largest absolute Gasteiger partial charge is 0.494 e. The summed E-state index contributed by atoms with van der Waals surface area (Å²) in [7, 11) is -1.70. The van der Waals surface area contributed by atoms with Gasteiger partial charge in [0.2, 0.25) is 5.91 Å². The number of amides is 2. The Morgan fingerprint density at radius 1 is 1.03 bits per heavy atom. The number of ether oxygens (including phenoxy) is 1. The van der Waals surface area contributed by atoms with Gasteiger partial charge >= 0.3 is 0 Å². The lowest BCUT2D eigenvalue weighted by atomic mass is 9.97. The molecule has 0 unspecified atom stereocenters. The zero-order valence-corrected chi connectivity index (χ0v) is 20.3. The van der Waals surface area contributed by atoms with Crippen LogP contribution in [0.4, 0.5) is 4.39 Å².